The van der Waals surface area contributed by atoms with E-state index in [1.807, 2.05) is 58.0 Å². The molecule has 0 saturated carbocycles. The summed E-state index contributed by atoms with van der Waals surface area (Å²) in [6.07, 6.45) is 6.93. The van der Waals surface area contributed by atoms with Gasteiger partial charge in [-0.3, -0.25) is 19.8 Å². The molecule has 34 heavy (non-hydrogen) atoms. The quantitative estimate of drug-likeness (QED) is 0.126. The van der Waals surface area contributed by atoms with Crippen molar-refractivity contribution in [1.82, 2.24) is 10.6 Å². The molecule has 0 saturated heterocycles. The number of hydrogen-bond acceptors (Lipinski definition) is 4. The van der Waals surface area contributed by atoms with Gasteiger partial charge in [-0.1, -0.05) is 64.4 Å². The third-order valence-electron chi connectivity index (χ3n) is 5.53. The highest BCUT2D eigenvalue weighted by atomic mass is 16.2. The maximum atomic E-state index is 13.1. The van der Waals surface area contributed by atoms with E-state index < -0.39 is 12.0 Å². The molecule has 1 rings (SSSR count). The summed E-state index contributed by atoms with van der Waals surface area (Å²) in [5.74, 6) is -0.647. The van der Waals surface area contributed by atoms with Crippen LogP contribution in [0.2, 0.25) is 0 Å². The van der Waals surface area contributed by atoms with Gasteiger partial charge < -0.3 is 16.4 Å². The number of hydrogen-bond donors (Lipinski definition) is 4. The van der Waals surface area contributed by atoms with E-state index in [0.29, 0.717) is 19.4 Å². The normalized spacial score (nSPS) is 13.1. The molecule has 0 aliphatic rings. The standard InChI is InChI=1S/C27H42N4O3/c1-19(2)17-22(27(34)30-16-10-6-9-13-24(28)29)18-23(32)26(20(3)4)31-25(33)15-14-21-11-7-5-8-12-21/h5,7-8,11-12,14-15,19-20,22,26H,6,9-10,13,16-18H2,1-4H3,(H3,28,29)(H,30,34)(H,31,33)/b15-14+. The molecule has 7 nitrogen and oxygen atoms in total. The third-order valence-corrected chi connectivity index (χ3v) is 5.53. The SMILES string of the molecule is CC(C)CC(CC(=O)C(NC(=O)/C=C/c1ccccc1)C(C)C)C(=O)NCCCCCC(=N)N. The average molecular weight is 471 g/mol. The minimum Gasteiger partial charge on any atom is -0.388 e. The van der Waals surface area contributed by atoms with Gasteiger partial charge in [-0.15, -0.1) is 0 Å². The molecule has 2 unspecified atom stereocenters. The van der Waals surface area contributed by atoms with Gasteiger partial charge in [-0.2, -0.15) is 0 Å². The van der Waals surface area contributed by atoms with Gasteiger partial charge in [0.2, 0.25) is 11.8 Å². The van der Waals surface area contributed by atoms with Crippen LogP contribution in [0.4, 0.5) is 0 Å². The molecule has 0 aromatic heterocycles. The summed E-state index contributed by atoms with van der Waals surface area (Å²) >= 11 is 0. The van der Waals surface area contributed by atoms with E-state index in [9.17, 15) is 14.4 Å². The highest BCUT2D eigenvalue weighted by Gasteiger charge is 2.29. The van der Waals surface area contributed by atoms with Gasteiger partial charge >= 0.3 is 0 Å². The zero-order valence-electron chi connectivity index (χ0n) is 21.1. The maximum Gasteiger partial charge on any atom is 0.244 e. The fourth-order valence-electron chi connectivity index (χ4n) is 3.75. The summed E-state index contributed by atoms with van der Waals surface area (Å²) in [5.41, 5.74) is 6.26. The number of nitrogens with one attached hydrogen (secondary N) is 3. The summed E-state index contributed by atoms with van der Waals surface area (Å²) in [7, 11) is 0. The molecule has 2 atom stereocenters. The molecule has 0 heterocycles. The van der Waals surface area contributed by atoms with Crippen molar-refractivity contribution in [2.75, 3.05) is 6.54 Å². The molecule has 7 heteroatoms. The van der Waals surface area contributed by atoms with Gasteiger partial charge in [0, 0.05) is 31.4 Å². The average Bonchev–Trinajstić information content (AvgIpc) is 2.77. The van der Waals surface area contributed by atoms with Gasteiger partial charge in [0.25, 0.3) is 0 Å². The Morgan fingerprint density at radius 2 is 1.71 bits per heavy atom. The first-order chi connectivity index (χ1) is 16.1. The Bertz CT molecular complexity index is 818. The van der Waals surface area contributed by atoms with E-state index in [2.05, 4.69) is 10.6 Å². The predicted molar refractivity (Wildman–Crippen MR) is 138 cm³/mol. The minimum atomic E-state index is -0.651. The molecule has 1 aromatic rings. The number of carbonyl (C=O) groups excluding carboxylic acids is 3. The number of carbonyl (C=O) groups is 3. The number of unbranched alkanes of at least 4 members (excludes halogenated alkanes) is 2. The van der Waals surface area contributed by atoms with E-state index >= 15 is 0 Å². The molecule has 0 aliphatic heterocycles. The molecular formula is C27H42N4O3. The van der Waals surface area contributed by atoms with Crippen LogP contribution < -0.4 is 16.4 Å². The van der Waals surface area contributed by atoms with Crippen LogP contribution in [-0.4, -0.2) is 36.0 Å². The highest BCUT2D eigenvalue weighted by molar-refractivity contribution is 5.97. The van der Waals surface area contributed by atoms with Crippen LogP contribution in [0.15, 0.2) is 36.4 Å². The molecule has 5 N–H and O–H groups in total. The number of amidine groups is 1. The first kappa shape index (κ1) is 29.1. The van der Waals surface area contributed by atoms with Crippen LogP contribution in [0, 0.1) is 23.2 Å². The Labute approximate surface area is 204 Å². The summed E-state index contributed by atoms with van der Waals surface area (Å²) in [5, 5.41) is 13.0. The second-order valence-corrected chi connectivity index (χ2v) is 9.60. The van der Waals surface area contributed by atoms with Crippen molar-refractivity contribution in [3.8, 4) is 0 Å². The second kappa shape index (κ2) is 15.8. The molecular weight excluding hydrogens is 428 g/mol. The van der Waals surface area contributed by atoms with Crippen molar-refractivity contribution in [2.45, 2.75) is 72.3 Å². The minimum absolute atomic E-state index is 0.0920. The number of Topliss-reactive ketones (excluding diaryl/α,β-unsaturated/α-hetero) is 1. The lowest BCUT2D eigenvalue weighted by molar-refractivity contribution is -0.132. The molecule has 0 spiro atoms. The van der Waals surface area contributed by atoms with Crippen LogP contribution in [0.3, 0.4) is 0 Å². The van der Waals surface area contributed by atoms with Gasteiger partial charge in [0.05, 0.1) is 11.9 Å². The van der Waals surface area contributed by atoms with E-state index in [1.54, 1.807) is 6.08 Å². The molecule has 1 aromatic carbocycles. The molecule has 0 aliphatic carbocycles. The lowest BCUT2D eigenvalue weighted by Crippen LogP contribution is -2.45. The zero-order chi connectivity index (χ0) is 25.5. The van der Waals surface area contributed by atoms with Crippen LogP contribution >= 0.6 is 0 Å². The fourth-order valence-corrected chi connectivity index (χ4v) is 3.75. The first-order valence-electron chi connectivity index (χ1n) is 12.3. The molecule has 0 fully saturated rings. The number of nitrogens with two attached hydrogens (primary N) is 1. The van der Waals surface area contributed by atoms with Gasteiger partial charge in [-0.25, -0.2) is 0 Å². The highest BCUT2D eigenvalue weighted by Crippen LogP contribution is 2.19. The lowest BCUT2D eigenvalue weighted by Gasteiger charge is -2.24. The van der Waals surface area contributed by atoms with Crippen molar-refractivity contribution in [1.29, 1.82) is 5.41 Å². The Morgan fingerprint density at radius 1 is 1.03 bits per heavy atom. The largest absolute Gasteiger partial charge is 0.388 e. The number of benzene rings is 1. The van der Waals surface area contributed by atoms with Crippen molar-refractivity contribution in [3.05, 3.63) is 42.0 Å². The smallest absolute Gasteiger partial charge is 0.244 e. The van der Waals surface area contributed by atoms with Crippen LogP contribution in [0.1, 0.15) is 71.8 Å². The van der Waals surface area contributed by atoms with E-state index in [1.165, 1.54) is 6.08 Å². The molecule has 2 amide bonds. The fraction of sp³-hybridized carbons (Fsp3) is 0.556. The Kier molecular flexibility index (Phi) is 13.5. The molecule has 188 valence electrons. The van der Waals surface area contributed by atoms with E-state index in [0.717, 1.165) is 24.8 Å². The Morgan fingerprint density at radius 3 is 2.29 bits per heavy atom. The van der Waals surface area contributed by atoms with Crippen molar-refractivity contribution < 1.29 is 14.4 Å². The Balaban J connectivity index is 2.68. The summed E-state index contributed by atoms with van der Waals surface area (Å²) in [6, 6.07) is 8.83. The van der Waals surface area contributed by atoms with Gasteiger partial charge in [0.1, 0.15) is 0 Å². The van der Waals surface area contributed by atoms with Crippen LogP contribution in [0.25, 0.3) is 6.08 Å². The first-order valence-corrected chi connectivity index (χ1v) is 12.3. The van der Waals surface area contributed by atoms with Gasteiger partial charge in [0.15, 0.2) is 5.78 Å². The maximum absolute atomic E-state index is 13.1. The van der Waals surface area contributed by atoms with E-state index in [4.69, 9.17) is 11.1 Å². The number of ketones is 1. The van der Waals surface area contributed by atoms with Gasteiger partial charge in [-0.05, 0) is 42.7 Å². The van der Waals surface area contributed by atoms with Crippen molar-refractivity contribution in [3.63, 3.8) is 0 Å². The molecule has 0 radical (unpaired) electrons. The molecule has 0 bridgehead atoms. The van der Waals surface area contributed by atoms with Crippen LogP contribution in [-0.2, 0) is 14.4 Å². The lowest BCUT2D eigenvalue weighted by atomic mass is 9.87. The van der Waals surface area contributed by atoms with Crippen molar-refractivity contribution in [2.24, 2.45) is 23.5 Å². The van der Waals surface area contributed by atoms with E-state index in [-0.39, 0.29) is 41.7 Å². The number of rotatable bonds is 16. The third kappa shape index (κ3) is 12.3. The Hall–Kier alpha value is -2.96. The number of amides is 2. The van der Waals surface area contributed by atoms with Crippen LogP contribution in [0.5, 0.6) is 0 Å². The predicted octanol–water partition coefficient (Wildman–Crippen LogP) is 4.07. The summed E-state index contributed by atoms with van der Waals surface area (Å²) in [6.45, 7) is 8.38. The zero-order valence-corrected chi connectivity index (χ0v) is 21.1. The second-order valence-electron chi connectivity index (χ2n) is 9.60. The monoisotopic (exact) mass is 470 g/mol. The van der Waals surface area contributed by atoms with Crippen molar-refractivity contribution >= 4 is 29.5 Å². The topological polar surface area (TPSA) is 125 Å². The summed E-state index contributed by atoms with van der Waals surface area (Å²) in [4.78, 5) is 38.4. The summed E-state index contributed by atoms with van der Waals surface area (Å²) < 4.78 is 0.